The van der Waals surface area contributed by atoms with Gasteiger partial charge in [-0.15, -0.1) is 0 Å². The Labute approximate surface area is 128 Å². The molecule has 1 aromatic carbocycles. The van der Waals surface area contributed by atoms with Crippen LogP contribution in [0.1, 0.15) is 19.3 Å². The number of aliphatic hydroxyl groups excluding tert-OH is 1. The molecule has 1 aliphatic carbocycles. The molecule has 5 nitrogen and oxygen atoms in total. The van der Waals surface area contributed by atoms with Gasteiger partial charge in [0.15, 0.2) is 11.6 Å². The Hall–Kier alpha value is -1.85. The molecule has 1 aliphatic rings. The fourth-order valence-corrected chi connectivity index (χ4v) is 2.54. The third-order valence-electron chi connectivity index (χ3n) is 3.47. The maximum atomic E-state index is 9.59. The molecule has 0 amide bonds. The van der Waals surface area contributed by atoms with Crippen molar-refractivity contribution in [2.75, 3.05) is 5.32 Å². The van der Waals surface area contributed by atoms with Crippen LogP contribution in [0.4, 0.5) is 5.82 Å². The summed E-state index contributed by atoms with van der Waals surface area (Å²) in [6.45, 7) is 0. The number of nitrogens with zero attached hydrogens (tertiary/aromatic N) is 2. The first kappa shape index (κ1) is 14.1. The zero-order valence-corrected chi connectivity index (χ0v) is 12.1. The number of aliphatic hydroxyl groups is 1. The predicted molar refractivity (Wildman–Crippen MR) is 80.8 cm³/mol. The van der Waals surface area contributed by atoms with E-state index in [0.29, 0.717) is 22.3 Å². The Morgan fingerprint density at radius 3 is 2.76 bits per heavy atom. The van der Waals surface area contributed by atoms with Gasteiger partial charge in [-0.05, 0) is 43.5 Å². The van der Waals surface area contributed by atoms with Crippen molar-refractivity contribution >= 4 is 17.4 Å². The van der Waals surface area contributed by atoms with Crippen molar-refractivity contribution in [3.05, 3.63) is 41.8 Å². The van der Waals surface area contributed by atoms with E-state index in [-0.39, 0.29) is 12.1 Å². The molecule has 0 unspecified atom stereocenters. The Morgan fingerprint density at radius 2 is 2.05 bits per heavy atom. The molecular weight excluding hydrogens is 290 g/mol. The summed E-state index contributed by atoms with van der Waals surface area (Å²) >= 11 is 5.86. The maximum Gasteiger partial charge on any atom is 0.187 e. The first-order chi connectivity index (χ1) is 10.2. The highest BCUT2D eigenvalue weighted by Gasteiger charge is 2.23. The molecule has 110 valence electrons. The second kappa shape index (κ2) is 6.28. The molecule has 1 aromatic heterocycles. The normalized spacial score (nSPS) is 21.2. The highest BCUT2D eigenvalue weighted by molar-refractivity contribution is 6.30. The van der Waals surface area contributed by atoms with Crippen molar-refractivity contribution in [1.82, 2.24) is 9.97 Å². The third kappa shape index (κ3) is 3.62. The molecule has 1 heterocycles. The zero-order valence-electron chi connectivity index (χ0n) is 11.4. The number of nitrogens with one attached hydrogen (secondary N) is 1. The monoisotopic (exact) mass is 305 g/mol. The summed E-state index contributed by atoms with van der Waals surface area (Å²) in [7, 11) is 0. The van der Waals surface area contributed by atoms with Gasteiger partial charge in [0.05, 0.1) is 12.3 Å². The van der Waals surface area contributed by atoms with Crippen LogP contribution in [0.2, 0.25) is 5.02 Å². The summed E-state index contributed by atoms with van der Waals surface area (Å²) in [5, 5.41) is 13.6. The zero-order chi connectivity index (χ0) is 14.7. The van der Waals surface area contributed by atoms with Crippen molar-refractivity contribution in [3.8, 4) is 11.5 Å². The molecule has 0 aliphatic heterocycles. The van der Waals surface area contributed by atoms with Gasteiger partial charge < -0.3 is 15.2 Å². The van der Waals surface area contributed by atoms with E-state index in [2.05, 4.69) is 15.3 Å². The molecule has 2 N–H and O–H groups in total. The number of hydrogen-bond acceptors (Lipinski definition) is 5. The first-order valence-electron chi connectivity index (χ1n) is 6.89. The van der Waals surface area contributed by atoms with Gasteiger partial charge in [-0.3, -0.25) is 0 Å². The van der Waals surface area contributed by atoms with Crippen LogP contribution in [0.5, 0.6) is 11.5 Å². The molecule has 6 heteroatoms. The SMILES string of the molecule is O[C@@H]1CC[C@@H](Nc2ncncc2Oc2ccc(Cl)cc2)C1. The molecular formula is C15H16ClN3O2. The number of anilines is 1. The fraction of sp³-hybridized carbons (Fsp3) is 0.333. The minimum absolute atomic E-state index is 0.211. The average Bonchev–Trinajstić information content (AvgIpc) is 2.89. The molecule has 2 aromatic rings. The summed E-state index contributed by atoms with van der Waals surface area (Å²) in [6, 6.07) is 7.32. The molecule has 0 spiro atoms. The summed E-state index contributed by atoms with van der Waals surface area (Å²) in [5.74, 6) is 1.86. The van der Waals surface area contributed by atoms with E-state index in [4.69, 9.17) is 16.3 Å². The van der Waals surface area contributed by atoms with Crippen molar-refractivity contribution in [3.63, 3.8) is 0 Å². The summed E-state index contributed by atoms with van der Waals surface area (Å²) in [5.41, 5.74) is 0. The highest BCUT2D eigenvalue weighted by Crippen LogP contribution is 2.30. The lowest BCUT2D eigenvalue weighted by Crippen LogP contribution is -2.17. The first-order valence-corrected chi connectivity index (χ1v) is 7.26. The van der Waals surface area contributed by atoms with Gasteiger partial charge in [0.1, 0.15) is 12.1 Å². The molecule has 2 atom stereocenters. The quantitative estimate of drug-likeness (QED) is 0.907. The van der Waals surface area contributed by atoms with E-state index in [1.807, 2.05) is 0 Å². The van der Waals surface area contributed by atoms with E-state index >= 15 is 0 Å². The second-order valence-electron chi connectivity index (χ2n) is 5.10. The lowest BCUT2D eigenvalue weighted by Gasteiger charge is -2.15. The number of benzene rings is 1. The predicted octanol–water partition coefficient (Wildman–Crippen LogP) is 3.25. The van der Waals surface area contributed by atoms with Crippen molar-refractivity contribution in [1.29, 1.82) is 0 Å². The van der Waals surface area contributed by atoms with Crippen molar-refractivity contribution in [2.24, 2.45) is 0 Å². The van der Waals surface area contributed by atoms with Crippen LogP contribution in [0.3, 0.4) is 0 Å². The van der Waals surface area contributed by atoms with Crippen LogP contribution in [0.25, 0.3) is 0 Å². The lowest BCUT2D eigenvalue weighted by molar-refractivity contribution is 0.182. The lowest BCUT2D eigenvalue weighted by atomic mass is 10.2. The van der Waals surface area contributed by atoms with E-state index in [0.717, 1.165) is 19.3 Å². The van der Waals surface area contributed by atoms with Crippen molar-refractivity contribution < 1.29 is 9.84 Å². The van der Waals surface area contributed by atoms with Crippen LogP contribution in [-0.4, -0.2) is 27.2 Å². The standard InChI is InChI=1S/C15H16ClN3O2/c16-10-1-5-13(6-2-10)21-14-8-17-9-18-15(14)19-11-3-4-12(20)7-11/h1-2,5-6,8-9,11-12,20H,3-4,7H2,(H,17,18,19)/t11-,12-/m1/s1. The molecule has 3 rings (SSSR count). The Morgan fingerprint density at radius 1 is 1.24 bits per heavy atom. The minimum atomic E-state index is -0.232. The number of aromatic nitrogens is 2. The summed E-state index contributed by atoms with van der Waals surface area (Å²) in [6.07, 6.45) is 5.33. The van der Waals surface area contributed by atoms with Gasteiger partial charge in [-0.2, -0.15) is 0 Å². The molecule has 1 saturated carbocycles. The molecule has 1 fully saturated rings. The Balaban J connectivity index is 1.74. The largest absolute Gasteiger partial charge is 0.452 e. The fourth-order valence-electron chi connectivity index (χ4n) is 2.41. The van der Waals surface area contributed by atoms with Crippen molar-refractivity contribution in [2.45, 2.75) is 31.4 Å². The van der Waals surface area contributed by atoms with Gasteiger partial charge in [-0.25, -0.2) is 9.97 Å². The van der Waals surface area contributed by atoms with E-state index in [9.17, 15) is 5.11 Å². The van der Waals surface area contributed by atoms with E-state index < -0.39 is 0 Å². The topological polar surface area (TPSA) is 67.3 Å². The van der Waals surface area contributed by atoms with Crippen LogP contribution >= 0.6 is 11.6 Å². The van der Waals surface area contributed by atoms with Gasteiger partial charge in [-0.1, -0.05) is 11.6 Å². The summed E-state index contributed by atoms with van der Waals surface area (Å²) in [4.78, 5) is 8.22. The molecule has 21 heavy (non-hydrogen) atoms. The number of ether oxygens (including phenoxy) is 1. The van der Waals surface area contributed by atoms with Crippen LogP contribution in [0, 0.1) is 0 Å². The number of hydrogen-bond donors (Lipinski definition) is 2. The molecule has 0 bridgehead atoms. The average molecular weight is 306 g/mol. The minimum Gasteiger partial charge on any atom is -0.452 e. The third-order valence-corrected chi connectivity index (χ3v) is 3.72. The number of rotatable bonds is 4. The van der Waals surface area contributed by atoms with E-state index in [1.165, 1.54) is 6.33 Å². The Bertz CT molecular complexity index is 606. The molecule has 0 radical (unpaired) electrons. The van der Waals surface area contributed by atoms with Crippen LogP contribution in [0.15, 0.2) is 36.8 Å². The smallest absolute Gasteiger partial charge is 0.187 e. The van der Waals surface area contributed by atoms with Gasteiger partial charge in [0.25, 0.3) is 0 Å². The van der Waals surface area contributed by atoms with Gasteiger partial charge in [0.2, 0.25) is 0 Å². The Kier molecular flexibility index (Phi) is 4.22. The van der Waals surface area contributed by atoms with Gasteiger partial charge >= 0.3 is 0 Å². The van der Waals surface area contributed by atoms with Gasteiger partial charge in [0, 0.05) is 11.1 Å². The highest BCUT2D eigenvalue weighted by atomic mass is 35.5. The van der Waals surface area contributed by atoms with Crippen LogP contribution in [-0.2, 0) is 0 Å². The second-order valence-corrected chi connectivity index (χ2v) is 5.54. The van der Waals surface area contributed by atoms with Crippen LogP contribution < -0.4 is 10.1 Å². The maximum absolute atomic E-state index is 9.59. The van der Waals surface area contributed by atoms with E-state index in [1.54, 1.807) is 30.5 Å². The summed E-state index contributed by atoms with van der Waals surface area (Å²) < 4.78 is 5.79. The number of halogens is 1. The molecule has 0 saturated heterocycles.